The van der Waals surface area contributed by atoms with Crippen molar-refractivity contribution in [1.29, 1.82) is 0 Å². The zero-order valence-electron chi connectivity index (χ0n) is 12.5. The Hall–Kier alpha value is -1.02. The van der Waals surface area contributed by atoms with Gasteiger partial charge in [0.2, 0.25) is 0 Å². The van der Waals surface area contributed by atoms with Crippen LogP contribution >= 0.6 is 0 Å². The van der Waals surface area contributed by atoms with Crippen molar-refractivity contribution in [3.8, 4) is 5.75 Å². The van der Waals surface area contributed by atoms with Crippen LogP contribution in [-0.2, 0) is 5.41 Å². The lowest BCUT2D eigenvalue weighted by Gasteiger charge is -2.30. The molecule has 1 N–H and O–H groups in total. The Kier molecular flexibility index (Phi) is 4.87. The molecule has 1 saturated carbocycles. The Balaban J connectivity index is 2.09. The van der Waals surface area contributed by atoms with E-state index in [-0.39, 0.29) is 0 Å². The van der Waals surface area contributed by atoms with E-state index in [0.717, 1.165) is 18.8 Å². The third-order valence-electron chi connectivity index (χ3n) is 4.28. The van der Waals surface area contributed by atoms with Crippen molar-refractivity contribution in [2.45, 2.75) is 44.9 Å². The number of ether oxygens (including phenoxy) is 1. The van der Waals surface area contributed by atoms with Crippen LogP contribution in [0.25, 0.3) is 0 Å². The molecule has 1 aromatic rings. The molecule has 2 rings (SSSR count). The van der Waals surface area contributed by atoms with E-state index in [2.05, 4.69) is 43.4 Å². The van der Waals surface area contributed by atoms with Gasteiger partial charge in [-0.15, -0.1) is 0 Å². The van der Waals surface area contributed by atoms with Gasteiger partial charge in [0.15, 0.2) is 0 Å². The fourth-order valence-corrected chi connectivity index (χ4v) is 3.16. The lowest BCUT2D eigenvalue weighted by molar-refractivity contribution is 0.388. The summed E-state index contributed by atoms with van der Waals surface area (Å²) in [7, 11) is 1.73. The topological polar surface area (TPSA) is 21.3 Å². The first-order valence-electron chi connectivity index (χ1n) is 7.51. The van der Waals surface area contributed by atoms with Crippen LogP contribution < -0.4 is 10.1 Å². The Morgan fingerprint density at radius 3 is 2.32 bits per heavy atom. The minimum Gasteiger partial charge on any atom is -0.497 e. The lowest BCUT2D eigenvalue weighted by Crippen LogP contribution is -2.37. The van der Waals surface area contributed by atoms with Crippen LogP contribution in [0.2, 0.25) is 0 Å². The molecule has 19 heavy (non-hydrogen) atoms. The van der Waals surface area contributed by atoms with Crippen LogP contribution in [-0.4, -0.2) is 20.2 Å². The molecule has 0 amide bonds. The first-order valence-corrected chi connectivity index (χ1v) is 7.51. The van der Waals surface area contributed by atoms with Gasteiger partial charge in [-0.1, -0.05) is 38.8 Å². The molecule has 0 heterocycles. The van der Waals surface area contributed by atoms with Gasteiger partial charge in [-0.25, -0.2) is 0 Å². The molecule has 0 aromatic heterocycles. The predicted octanol–water partition coefficient (Wildman–Crippen LogP) is 3.75. The standard InChI is InChI=1S/C17H27NO/c1-14(2)12-18-13-17(10-4-5-11-17)15-6-8-16(19-3)9-7-15/h6-9,14,18H,4-5,10-13H2,1-3H3. The first-order chi connectivity index (χ1) is 9.16. The summed E-state index contributed by atoms with van der Waals surface area (Å²) in [6.07, 6.45) is 5.33. The summed E-state index contributed by atoms with van der Waals surface area (Å²) in [6.45, 7) is 6.75. The van der Waals surface area contributed by atoms with Crippen molar-refractivity contribution >= 4 is 0 Å². The fourth-order valence-electron chi connectivity index (χ4n) is 3.16. The normalized spacial score (nSPS) is 17.9. The van der Waals surface area contributed by atoms with Crippen LogP contribution in [0.15, 0.2) is 24.3 Å². The van der Waals surface area contributed by atoms with Crippen LogP contribution in [0.1, 0.15) is 45.1 Å². The highest BCUT2D eigenvalue weighted by Gasteiger charge is 2.35. The maximum absolute atomic E-state index is 5.26. The summed E-state index contributed by atoms with van der Waals surface area (Å²) >= 11 is 0. The number of hydrogen-bond acceptors (Lipinski definition) is 2. The Bertz CT molecular complexity index is 377. The van der Waals surface area contributed by atoms with Crippen molar-refractivity contribution in [3.05, 3.63) is 29.8 Å². The minimum absolute atomic E-state index is 0.348. The van der Waals surface area contributed by atoms with E-state index in [4.69, 9.17) is 4.74 Å². The number of hydrogen-bond donors (Lipinski definition) is 1. The van der Waals surface area contributed by atoms with E-state index in [9.17, 15) is 0 Å². The first kappa shape index (κ1) is 14.4. The average Bonchev–Trinajstić information content (AvgIpc) is 2.88. The summed E-state index contributed by atoms with van der Waals surface area (Å²) in [5, 5.41) is 3.66. The van der Waals surface area contributed by atoms with E-state index in [0.29, 0.717) is 11.3 Å². The van der Waals surface area contributed by atoms with Gasteiger partial charge in [0.25, 0.3) is 0 Å². The fraction of sp³-hybridized carbons (Fsp3) is 0.647. The third-order valence-corrected chi connectivity index (χ3v) is 4.28. The highest BCUT2D eigenvalue weighted by atomic mass is 16.5. The molecule has 0 bridgehead atoms. The maximum atomic E-state index is 5.26. The zero-order chi connectivity index (χ0) is 13.7. The molecule has 1 aliphatic carbocycles. The van der Waals surface area contributed by atoms with Gasteiger partial charge in [0, 0.05) is 12.0 Å². The Morgan fingerprint density at radius 2 is 1.79 bits per heavy atom. The zero-order valence-corrected chi connectivity index (χ0v) is 12.5. The molecule has 0 aliphatic heterocycles. The smallest absolute Gasteiger partial charge is 0.118 e. The second-order valence-corrected chi connectivity index (χ2v) is 6.24. The molecule has 106 valence electrons. The summed E-state index contributed by atoms with van der Waals surface area (Å²) in [5.41, 5.74) is 1.82. The van der Waals surface area contributed by atoms with E-state index < -0.39 is 0 Å². The molecule has 0 atom stereocenters. The second kappa shape index (κ2) is 6.42. The van der Waals surface area contributed by atoms with Gasteiger partial charge in [-0.05, 0) is 43.0 Å². The highest BCUT2D eigenvalue weighted by Crippen LogP contribution is 2.41. The molecule has 0 unspecified atom stereocenters. The van der Waals surface area contributed by atoms with Crippen molar-refractivity contribution in [2.24, 2.45) is 5.92 Å². The van der Waals surface area contributed by atoms with Gasteiger partial charge < -0.3 is 10.1 Å². The quantitative estimate of drug-likeness (QED) is 0.842. The molecule has 1 fully saturated rings. The molecular formula is C17H27NO. The summed E-state index contributed by atoms with van der Waals surface area (Å²) < 4.78 is 5.26. The van der Waals surface area contributed by atoms with Crippen molar-refractivity contribution in [1.82, 2.24) is 5.32 Å². The predicted molar refractivity (Wildman–Crippen MR) is 80.8 cm³/mol. The van der Waals surface area contributed by atoms with Gasteiger partial charge in [-0.3, -0.25) is 0 Å². The van der Waals surface area contributed by atoms with E-state index in [1.54, 1.807) is 7.11 Å². The Morgan fingerprint density at radius 1 is 1.16 bits per heavy atom. The molecule has 2 heteroatoms. The largest absolute Gasteiger partial charge is 0.497 e. The number of nitrogens with one attached hydrogen (secondary N) is 1. The van der Waals surface area contributed by atoms with E-state index in [1.165, 1.54) is 31.2 Å². The Labute approximate surface area is 117 Å². The van der Waals surface area contributed by atoms with Crippen LogP contribution in [0.5, 0.6) is 5.75 Å². The van der Waals surface area contributed by atoms with Crippen LogP contribution in [0, 0.1) is 5.92 Å². The molecule has 2 nitrogen and oxygen atoms in total. The van der Waals surface area contributed by atoms with Gasteiger partial charge in [0.1, 0.15) is 5.75 Å². The highest BCUT2D eigenvalue weighted by molar-refractivity contribution is 5.33. The van der Waals surface area contributed by atoms with Crippen LogP contribution in [0.4, 0.5) is 0 Å². The van der Waals surface area contributed by atoms with Gasteiger partial charge in [-0.2, -0.15) is 0 Å². The number of rotatable bonds is 6. The van der Waals surface area contributed by atoms with E-state index in [1.807, 2.05) is 0 Å². The van der Waals surface area contributed by atoms with Crippen molar-refractivity contribution in [3.63, 3.8) is 0 Å². The van der Waals surface area contributed by atoms with E-state index >= 15 is 0 Å². The number of methoxy groups -OCH3 is 1. The monoisotopic (exact) mass is 261 g/mol. The minimum atomic E-state index is 0.348. The maximum Gasteiger partial charge on any atom is 0.118 e. The third kappa shape index (κ3) is 3.50. The van der Waals surface area contributed by atoms with Crippen molar-refractivity contribution in [2.75, 3.05) is 20.2 Å². The summed E-state index contributed by atoms with van der Waals surface area (Å²) in [5.74, 6) is 1.67. The van der Waals surface area contributed by atoms with Gasteiger partial charge in [0.05, 0.1) is 7.11 Å². The van der Waals surface area contributed by atoms with Crippen LogP contribution in [0.3, 0.4) is 0 Å². The molecule has 0 radical (unpaired) electrons. The summed E-state index contributed by atoms with van der Waals surface area (Å²) in [4.78, 5) is 0. The molecule has 1 aliphatic rings. The molecule has 1 aromatic carbocycles. The molecule has 0 saturated heterocycles. The summed E-state index contributed by atoms with van der Waals surface area (Å²) in [6, 6.07) is 8.69. The molecule has 0 spiro atoms. The van der Waals surface area contributed by atoms with Crippen molar-refractivity contribution < 1.29 is 4.74 Å². The average molecular weight is 261 g/mol. The lowest BCUT2D eigenvalue weighted by atomic mass is 9.78. The van der Waals surface area contributed by atoms with Gasteiger partial charge >= 0.3 is 0 Å². The molecular weight excluding hydrogens is 234 g/mol. The second-order valence-electron chi connectivity index (χ2n) is 6.24. The number of benzene rings is 1. The SMILES string of the molecule is COc1ccc(C2(CNCC(C)C)CCCC2)cc1.